The first-order valence-electron chi connectivity index (χ1n) is 12.9. The van der Waals surface area contributed by atoms with Gasteiger partial charge in [0, 0.05) is 18.0 Å². The number of hydrogen-bond donors (Lipinski definition) is 2. The molecule has 1 heterocycles. The number of hydrogen-bond acceptors (Lipinski definition) is 9. The van der Waals surface area contributed by atoms with E-state index in [1.807, 2.05) is 6.92 Å². The van der Waals surface area contributed by atoms with E-state index < -0.39 is 32.5 Å². The van der Waals surface area contributed by atoms with Crippen LogP contribution in [0.5, 0.6) is 17.2 Å². The number of anilines is 3. The highest BCUT2D eigenvalue weighted by molar-refractivity contribution is 7.93. The molecule has 226 valence electrons. The van der Waals surface area contributed by atoms with E-state index in [-0.39, 0.29) is 32.7 Å². The lowest BCUT2D eigenvalue weighted by Crippen LogP contribution is -2.38. The molecule has 43 heavy (non-hydrogen) atoms. The van der Waals surface area contributed by atoms with E-state index in [1.54, 1.807) is 24.3 Å². The van der Waals surface area contributed by atoms with Gasteiger partial charge in [0.2, 0.25) is 5.91 Å². The average molecular weight is 627 g/mol. The maximum atomic E-state index is 13.8. The zero-order valence-electron chi connectivity index (χ0n) is 23.6. The Labute approximate surface area is 250 Å². The number of carbonyl (C=O) groups is 1. The molecule has 0 spiro atoms. The van der Waals surface area contributed by atoms with Crippen LogP contribution < -0.4 is 28.6 Å². The summed E-state index contributed by atoms with van der Waals surface area (Å²) in [7, 11) is -5.38. The number of amides is 1. The smallest absolute Gasteiger partial charge is 0.264 e. The number of sulfonamides is 2. The third-order valence-corrected chi connectivity index (χ3v) is 9.16. The summed E-state index contributed by atoms with van der Waals surface area (Å²) in [5.74, 6) is 0.566. The van der Waals surface area contributed by atoms with Crippen molar-refractivity contribution in [1.82, 2.24) is 4.98 Å². The lowest BCUT2D eigenvalue weighted by atomic mass is 10.3. The van der Waals surface area contributed by atoms with Crippen molar-refractivity contribution in [2.45, 2.75) is 16.7 Å². The number of pyridine rings is 1. The van der Waals surface area contributed by atoms with Crippen molar-refractivity contribution in [2.75, 3.05) is 41.7 Å². The molecule has 0 saturated carbocycles. The minimum Gasteiger partial charge on any atom is -0.494 e. The monoisotopic (exact) mass is 626 g/mol. The predicted molar refractivity (Wildman–Crippen MR) is 162 cm³/mol. The van der Waals surface area contributed by atoms with Crippen molar-refractivity contribution in [2.24, 2.45) is 0 Å². The first-order valence-corrected chi connectivity index (χ1v) is 15.8. The topological polar surface area (TPSA) is 153 Å². The molecule has 0 atom stereocenters. The van der Waals surface area contributed by atoms with Gasteiger partial charge in [-0.3, -0.25) is 13.8 Å². The third-order valence-electron chi connectivity index (χ3n) is 6.02. The van der Waals surface area contributed by atoms with Gasteiger partial charge < -0.3 is 19.5 Å². The minimum absolute atomic E-state index is 0.0526. The van der Waals surface area contributed by atoms with Crippen molar-refractivity contribution >= 4 is 43.1 Å². The Balaban J connectivity index is 1.58. The van der Waals surface area contributed by atoms with Crippen LogP contribution in [-0.4, -0.2) is 55.1 Å². The maximum Gasteiger partial charge on any atom is 0.264 e. The van der Waals surface area contributed by atoms with Gasteiger partial charge in [0.05, 0.1) is 36.3 Å². The lowest BCUT2D eigenvalue weighted by molar-refractivity contribution is -0.114. The summed E-state index contributed by atoms with van der Waals surface area (Å²) in [5.41, 5.74) is 0.479. The molecule has 0 fully saturated rings. The van der Waals surface area contributed by atoms with E-state index in [4.69, 9.17) is 14.2 Å². The second-order valence-corrected chi connectivity index (χ2v) is 12.4. The molecular weight excluding hydrogens is 596 g/mol. The molecule has 0 aliphatic heterocycles. The van der Waals surface area contributed by atoms with E-state index in [9.17, 15) is 21.6 Å². The number of nitrogens with one attached hydrogen (secondary N) is 2. The quantitative estimate of drug-likeness (QED) is 0.223. The molecule has 14 heteroatoms. The molecule has 1 aromatic heterocycles. The summed E-state index contributed by atoms with van der Waals surface area (Å²) in [6, 6.07) is 20.6. The number of aromatic nitrogens is 1. The summed E-state index contributed by atoms with van der Waals surface area (Å²) in [4.78, 5) is 16.9. The van der Waals surface area contributed by atoms with Gasteiger partial charge in [0.1, 0.15) is 18.1 Å². The van der Waals surface area contributed by atoms with Gasteiger partial charge in [-0.2, -0.15) is 0 Å². The highest BCUT2D eigenvalue weighted by Gasteiger charge is 2.28. The number of methoxy groups -OCH3 is 2. The molecule has 2 N–H and O–H groups in total. The average Bonchev–Trinajstić information content (AvgIpc) is 3.00. The number of rotatable bonds is 13. The Morgan fingerprint density at radius 2 is 1.51 bits per heavy atom. The van der Waals surface area contributed by atoms with Gasteiger partial charge in [-0.15, -0.1) is 0 Å². The van der Waals surface area contributed by atoms with Crippen molar-refractivity contribution in [3.63, 3.8) is 0 Å². The van der Waals surface area contributed by atoms with Gasteiger partial charge in [0.25, 0.3) is 20.0 Å². The molecule has 12 nitrogen and oxygen atoms in total. The second-order valence-electron chi connectivity index (χ2n) is 8.85. The molecule has 0 radical (unpaired) electrons. The lowest BCUT2D eigenvalue weighted by Gasteiger charge is -2.25. The first-order chi connectivity index (χ1) is 20.6. The van der Waals surface area contributed by atoms with Crippen LogP contribution in [0.1, 0.15) is 6.92 Å². The van der Waals surface area contributed by atoms with Crippen LogP contribution in [0.2, 0.25) is 0 Å². The van der Waals surface area contributed by atoms with Crippen molar-refractivity contribution in [3.05, 3.63) is 91.1 Å². The van der Waals surface area contributed by atoms with Gasteiger partial charge in [-0.05, 0) is 79.7 Å². The third kappa shape index (κ3) is 7.53. The van der Waals surface area contributed by atoms with E-state index in [2.05, 4.69) is 15.0 Å². The molecule has 0 aliphatic carbocycles. The van der Waals surface area contributed by atoms with Crippen LogP contribution in [-0.2, 0) is 24.8 Å². The van der Waals surface area contributed by atoms with E-state index in [0.29, 0.717) is 18.1 Å². The fraction of sp³-hybridized carbons (Fsp3) is 0.172. The highest BCUT2D eigenvalue weighted by Crippen LogP contribution is 2.32. The van der Waals surface area contributed by atoms with E-state index in [1.165, 1.54) is 81.1 Å². The van der Waals surface area contributed by atoms with Crippen molar-refractivity contribution in [1.29, 1.82) is 0 Å². The van der Waals surface area contributed by atoms with Gasteiger partial charge >= 0.3 is 0 Å². The highest BCUT2D eigenvalue weighted by atomic mass is 32.2. The van der Waals surface area contributed by atoms with Crippen LogP contribution in [0.4, 0.5) is 17.2 Å². The first kappa shape index (κ1) is 31.1. The fourth-order valence-corrected chi connectivity index (χ4v) is 6.41. The normalized spacial score (nSPS) is 11.3. The van der Waals surface area contributed by atoms with E-state index >= 15 is 0 Å². The Kier molecular flexibility index (Phi) is 9.73. The number of benzene rings is 3. The molecule has 0 saturated heterocycles. The second kappa shape index (κ2) is 13.4. The minimum atomic E-state index is -4.28. The van der Waals surface area contributed by atoms with Gasteiger partial charge in [-0.25, -0.2) is 21.8 Å². The van der Waals surface area contributed by atoms with Crippen LogP contribution in [0.15, 0.2) is 101 Å². The summed E-state index contributed by atoms with van der Waals surface area (Å²) >= 11 is 0. The molecular formula is C29H30N4O8S2. The Morgan fingerprint density at radius 1 is 0.837 bits per heavy atom. The van der Waals surface area contributed by atoms with Gasteiger partial charge in [0.15, 0.2) is 11.5 Å². The summed E-state index contributed by atoms with van der Waals surface area (Å²) in [5, 5.41) is 2.62. The number of nitrogens with zero attached hydrogens (tertiary/aromatic N) is 2. The summed E-state index contributed by atoms with van der Waals surface area (Å²) in [6.45, 7) is 1.66. The molecule has 3 aromatic carbocycles. The Hall–Kier alpha value is -4.82. The van der Waals surface area contributed by atoms with Crippen LogP contribution in [0.25, 0.3) is 0 Å². The molecule has 4 aromatic rings. The number of ether oxygens (including phenoxy) is 3. The van der Waals surface area contributed by atoms with Gasteiger partial charge in [-0.1, -0.05) is 6.07 Å². The predicted octanol–water partition coefficient (Wildman–Crippen LogP) is 4.13. The Bertz CT molecular complexity index is 1770. The zero-order chi connectivity index (χ0) is 31.0. The fourth-order valence-electron chi connectivity index (χ4n) is 3.96. The molecule has 0 aliphatic rings. The molecule has 1 amide bonds. The van der Waals surface area contributed by atoms with Crippen molar-refractivity contribution in [3.8, 4) is 17.2 Å². The van der Waals surface area contributed by atoms with Crippen molar-refractivity contribution < 1.29 is 35.8 Å². The summed E-state index contributed by atoms with van der Waals surface area (Å²) in [6.07, 6.45) is 1.46. The summed E-state index contributed by atoms with van der Waals surface area (Å²) < 4.78 is 72.4. The SMILES string of the molecule is CCOc1ccc(N(CC(=O)Nc2ccc(S(=O)(=O)Nc3ccccn3)cc2)S(=O)(=O)c2ccc(OC)c(OC)c2)cc1. The largest absolute Gasteiger partial charge is 0.494 e. The Morgan fingerprint density at radius 3 is 2.12 bits per heavy atom. The van der Waals surface area contributed by atoms with E-state index in [0.717, 1.165) is 4.31 Å². The zero-order valence-corrected chi connectivity index (χ0v) is 25.2. The molecule has 4 rings (SSSR count). The van der Waals surface area contributed by atoms with Crippen LogP contribution >= 0.6 is 0 Å². The molecule has 0 bridgehead atoms. The molecule has 0 unspecified atom stereocenters. The van der Waals surface area contributed by atoms with Crippen LogP contribution in [0, 0.1) is 0 Å². The maximum absolute atomic E-state index is 13.8. The van der Waals surface area contributed by atoms with Crippen LogP contribution in [0.3, 0.4) is 0 Å². The standard InChI is InChI=1S/C29H30N4O8S2/c1-4-41-23-12-10-22(11-13-23)33(43(37,38)25-16-17-26(39-2)27(19-25)40-3)20-29(34)31-21-8-14-24(15-9-21)42(35,36)32-28-7-5-6-18-30-28/h5-19H,4,20H2,1-3H3,(H,30,32)(H,31,34). The number of carbonyl (C=O) groups excluding carboxylic acids is 1.